The minimum atomic E-state index is -0.850. The lowest BCUT2D eigenvalue weighted by molar-refractivity contribution is 0.591. The normalized spacial score (nSPS) is 9.69. The summed E-state index contributed by atoms with van der Waals surface area (Å²) in [4.78, 5) is 3.45. The number of nitrogens with two attached hydrogens (primary N) is 1. The molecular formula is C9H8F2N2. The third-order valence-corrected chi connectivity index (χ3v) is 1.64. The third kappa shape index (κ3) is 1.42. The van der Waals surface area contributed by atoms with Gasteiger partial charge in [0.25, 0.3) is 0 Å². The second-order valence-corrected chi connectivity index (χ2v) is 2.38. The van der Waals surface area contributed by atoms with E-state index >= 15 is 0 Å². The first-order chi connectivity index (χ1) is 6.11. The summed E-state index contributed by atoms with van der Waals surface area (Å²) in [6.45, 7) is 6.54. The Hall–Kier alpha value is -1.71. The zero-order chi connectivity index (χ0) is 10.0. The predicted octanol–water partition coefficient (Wildman–Crippen LogP) is 2.52. The van der Waals surface area contributed by atoms with E-state index < -0.39 is 17.3 Å². The molecule has 4 heteroatoms. The van der Waals surface area contributed by atoms with Crippen molar-refractivity contribution in [2.45, 2.75) is 0 Å². The van der Waals surface area contributed by atoms with Crippen LogP contribution in [-0.4, -0.2) is 6.72 Å². The highest BCUT2D eigenvalue weighted by atomic mass is 19.1. The summed E-state index contributed by atoms with van der Waals surface area (Å²) in [5, 5.41) is 0. The summed E-state index contributed by atoms with van der Waals surface area (Å²) in [5.74, 6) is -1.69. The van der Waals surface area contributed by atoms with Crippen molar-refractivity contribution >= 4 is 24.2 Å². The highest BCUT2D eigenvalue weighted by Crippen LogP contribution is 2.29. The van der Waals surface area contributed by atoms with Gasteiger partial charge in [-0.3, -0.25) is 4.99 Å². The molecule has 0 radical (unpaired) electrons. The van der Waals surface area contributed by atoms with E-state index in [0.29, 0.717) is 0 Å². The fourth-order valence-electron chi connectivity index (χ4n) is 0.963. The van der Waals surface area contributed by atoms with Gasteiger partial charge in [0, 0.05) is 11.6 Å². The zero-order valence-electron chi connectivity index (χ0n) is 6.85. The molecule has 0 saturated heterocycles. The number of aliphatic imine (C=N–C) groups is 1. The van der Waals surface area contributed by atoms with Crippen molar-refractivity contribution in [3.63, 3.8) is 0 Å². The summed E-state index contributed by atoms with van der Waals surface area (Å²) in [6, 6.07) is 1.02. The molecule has 0 aliphatic heterocycles. The molecule has 0 fully saturated rings. The molecule has 0 heterocycles. The molecule has 2 N–H and O–H groups in total. The van der Waals surface area contributed by atoms with E-state index in [1.165, 1.54) is 6.08 Å². The highest BCUT2D eigenvalue weighted by Gasteiger charge is 2.13. The van der Waals surface area contributed by atoms with Gasteiger partial charge in [-0.15, -0.1) is 0 Å². The Labute approximate surface area is 74.4 Å². The van der Waals surface area contributed by atoms with Gasteiger partial charge < -0.3 is 5.73 Å². The summed E-state index contributed by atoms with van der Waals surface area (Å²) in [7, 11) is 0. The topological polar surface area (TPSA) is 38.4 Å². The molecule has 0 atom stereocenters. The van der Waals surface area contributed by atoms with Crippen LogP contribution in [0.15, 0.2) is 17.6 Å². The predicted molar refractivity (Wildman–Crippen MR) is 50.1 cm³/mol. The fourth-order valence-corrected chi connectivity index (χ4v) is 0.963. The Balaban J connectivity index is 3.56. The number of halogens is 2. The fraction of sp³-hybridized carbons (Fsp3) is 0. The van der Waals surface area contributed by atoms with Gasteiger partial charge in [-0.1, -0.05) is 12.7 Å². The number of nitrogen functional groups attached to an aromatic ring is 1. The number of nitrogens with zero attached hydrogens (tertiary/aromatic N) is 1. The molecule has 2 nitrogen and oxygen atoms in total. The van der Waals surface area contributed by atoms with Crippen LogP contribution >= 0.6 is 0 Å². The smallest absolute Gasteiger partial charge is 0.158 e. The van der Waals surface area contributed by atoms with Crippen LogP contribution in [0, 0.1) is 11.6 Å². The van der Waals surface area contributed by atoms with Crippen molar-refractivity contribution in [2.75, 3.05) is 5.73 Å². The Morgan fingerprint density at radius 3 is 2.54 bits per heavy atom. The maximum absolute atomic E-state index is 13.2. The first-order valence-corrected chi connectivity index (χ1v) is 3.48. The van der Waals surface area contributed by atoms with E-state index in [-0.39, 0.29) is 11.3 Å². The van der Waals surface area contributed by atoms with Gasteiger partial charge in [0.1, 0.15) is 5.69 Å². The molecule has 0 amide bonds. The van der Waals surface area contributed by atoms with E-state index in [2.05, 4.69) is 18.3 Å². The molecular weight excluding hydrogens is 174 g/mol. The van der Waals surface area contributed by atoms with E-state index in [4.69, 9.17) is 5.73 Å². The van der Waals surface area contributed by atoms with Crippen LogP contribution in [0.25, 0.3) is 6.08 Å². The number of hydrogen-bond donors (Lipinski definition) is 1. The van der Waals surface area contributed by atoms with Gasteiger partial charge in [0.05, 0.1) is 5.69 Å². The van der Waals surface area contributed by atoms with Gasteiger partial charge >= 0.3 is 0 Å². The quantitative estimate of drug-likeness (QED) is 0.554. The number of benzene rings is 1. The molecule has 68 valence electrons. The first-order valence-electron chi connectivity index (χ1n) is 3.48. The van der Waals surface area contributed by atoms with Crippen molar-refractivity contribution in [3.8, 4) is 0 Å². The molecule has 1 aromatic rings. The lowest BCUT2D eigenvalue weighted by atomic mass is 10.1. The second-order valence-electron chi connectivity index (χ2n) is 2.38. The molecule has 0 spiro atoms. The van der Waals surface area contributed by atoms with Crippen molar-refractivity contribution < 1.29 is 8.78 Å². The molecule has 0 unspecified atom stereocenters. The van der Waals surface area contributed by atoms with Gasteiger partial charge in [-0.05, 0) is 6.72 Å². The highest BCUT2D eigenvalue weighted by molar-refractivity contribution is 5.70. The van der Waals surface area contributed by atoms with E-state index in [9.17, 15) is 8.78 Å². The molecule has 0 aromatic heterocycles. The first kappa shape index (κ1) is 9.38. The average molecular weight is 182 g/mol. The Morgan fingerprint density at radius 1 is 1.46 bits per heavy atom. The minimum Gasteiger partial charge on any atom is -0.394 e. The van der Waals surface area contributed by atoms with Crippen LogP contribution in [0.5, 0.6) is 0 Å². The molecule has 1 rings (SSSR count). The van der Waals surface area contributed by atoms with Crippen LogP contribution in [0.3, 0.4) is 0 Å². The van der Waals surface area contributed by atoms with E-state index in [1.54, 1.807) is 0 Å². The number of rotatable bonds is 2. The lowest BCUT2D eigenvalue weighted by Gasteiger charge is -2.05. The Morgan fingerprint density at radius 2 is 2.08 bits per heavy atom. The summed E-state index contributed by atoms with van der Waals surface area (Å²) >= 11 is 0. The number of anilines is 1. The van der Waals surface area contributed by atoms with E-state index in [0.717, 1.165) is 6.07 Å². The van der Waals surface area contributed by atoms with Gasteiger partial charge in [-0.2, -0.15) is 0 Å². The van der Waals surface area contributed by atoms with Crippen LogP contribution in [0.4, 0.5) is 20.2 Å². The maximum atomic E-state index is 13.2. The molecule has 0 aliphatic rings. The largest absolute Gasteiger partial charge is 0.394 e. The van der Waals surface area contributed by atoms with Crippen LogP contribution in [-0.2, 0) is 0 Å². The summed E-state index contributed by atoms with van der Waals surface area (Å²) in [6.07, 6.45) is 1.22. The Bertz CT molecular complexity index is 372. The van der Waals surface area contributed by atoms with Crippen LogP contribution < -0.4 is 5.73 Å². The van der Waals surface area contributed by atoms with Crippen molar-refractivity contribution in [3.05, 3.63) is 29.8 Å². The standard InChI is InChI=1S/C9H8F2N2/c1-3-5-7(13-2)4-6(10)9(12)8(5)11/h3-4H,1-2,12H2. The molecule has 0 aliphatic carbocycles. The van der Waals surface area contributed by atoms with E-state index in [1.807, 2.05) is 0 Å². The van der Waals surface area contributed by atoms with Gasteiger partial charge in [0.15, 0.2) is 11.6 Å². The molecule has 13 heavy (non-hydrogen) atoms. The summed E-state index contributed by atoms with van der Waals surface area (Å²) < 4.78 is 26.0. The minimum absolute atomic E-state index is 0.0638. The molecule has 1 aromatic carbocycles. The average Bonchev–Trinajstić information content (AvgIpc) is 2.13. The third-order valence-electron chi connectivity index (χ3n) is 1.64. The van der Waals surface area contributed by atoms with Crippen molar-refractivity contribution in [1.82, 2.24) is 0 Å². The lowest BCUT2D eigenvalue weighted by Crippen LogP contribution is -1.97. The maximum Gasteiger partial charge on any atom is 0.158 e. The Kier molecular flexibility index (Phi) is 2.41. The molecule has 0 bridgehead atoms. The zero-order valence-corrected chi connectivity index (χ0v) is 6.85. The monoisotopic (exact) mass is 182 g/mol. The van der Waals surface area contributed by atoms with Crippen LogP contribution in [0.1, 0.15) is 5.56 Å². The SMILES string of the molecule is C=Cc1c(N=C)cc(F)c(N)c1F. The summed E-state index contributed by atoms with van der Waals surface area (Å²) in [5.41, 5.74) is 4.76. The molecule has 0 saturated carbocycles. The van der Waals surface area contributed by atoms with Gasteiger partial charge in [0.2, 0.25) is 0 Å². The van der Waals surface area contributed by atoms with Crippen LogP contribution in [0.2, 0.25) is 0 Å². The van der Waals surface area contributed by atoms with Crippen molar-refractivity contribution in [2.24, 2.45) is 4.99 Å². The number of hydrogen-bond acceptors (Lipinski definition) is 2. The van der Waals surface area contributed by atoms with Gasteiger partial charge in [-0.25, -0.2) is 8.78 Å². The second kappa shape index (κ2) is 3.35. The van der Waals surface area contributed by atoms with Crippen molar-refractivity contribution in [1.29, 1.82) is 0 Å².